The molecule has 20 heavy (non-hydrogen) atoms. The third kappa shape index (κ3) is 4.96. The van der Waals surface area contributed by atoms with Gasteiger partial charge in [0, 0.05) is 16.6 Å². The molecule has 5 heteroatoms. The molecule has 0 aliphatic heterocycles. The van der Waals surface area contributed by atoms with Gasteiger partial charge in [-0.2, -0.15) is 0 Å². The number of amides is 2. The summed E-state index contributed by atoms with van der Waals surface area (Å²) in [7, 11) is 0. The van der Waals surface area contributed by atoms with E-state index in [4.69, 9.17) is 0 Å². The predicted octanol–water partition coefficient (Wildman–Crippen LogP) is 2.16. The minimum atomic E-state index is -0.528. The zero-order chi connectivity index (χ0) is 14.5. The monoisotopic (exact) mass is 338 g/mol. The van der Waals surface area contributed by atoms with Crippen LogP contribution in [-0.2, 0) is 16.0 Å². The fourth-order valence-electron chi connectivity index (χ4n) is 1.87. The van der Waals surface area contributed by atoms with Gasteiger partial charge in [-0.3, -0.25) is 9.59 Å². The number of carbonyl (C=O) groups is 2. The summed E-state index contributed by atoms with van der Waals surface area (Å²) in [6, 6.07) is 8.31. The number of benzene rings is 1. The van der Waals surface area contributed by atoms with Crippen LogP contribution in [0.4, 0.5) is 0 Å². The third-order valence-electron chi connectivity index (χ3n) is 3.28. The van der Waals surface area contributed by atoms with E-state index in [0.717, 1.165) is 30.2 Å². The summed E-state index contributed by atoms with van der Waals surface area (Å²) in [5, 5.41) is 5.42. The Morgan fingerprint density at radius 1 is 1.25 bits per heavy atom. The van der Waals surface area contributed by atoms with Gasteiger partial charge in [0.1, 0.15) is 0 Å². The zero-order valence-electron chi connectivity index (χ0n) is 11.5. The highest BCUT2D eigenvalue weighted by Crippen LogP contribution is 2.18. The van der Waals surface area contributed by atoms with Gasteiger partial charge >= 0.3 is 11.8 Å². The first-order valence-corrected chi connectivity index (χ1v) is 7.69. The van der Waals surface area contributed by atoms with Crippen LogP contribution < -0.4 is 10.6 Å². The van der Waals surface area contributed by atoms with E-state index in [1.54, 1.807) is 0 Å². The van der Waals surface area contributed by atoms with Crippen molar-refractivity contribution in [2.45, 2.75) is 44.7 Å². The van der Waals surface area contributed by atoms with Gasteiger partial charge in [-0.25, -0.2) is 0 Å². The molecule has 0 bridgehead atoms. The molecule has 0 spiro atoms. The van der Waals surface area contributed by atoms with E-state index in [1.807, 2.05) is 19.1 Å². The highest BCUT2D eigenvalue weighted by atomic mass is 79.9. The van der Waals surface area contributed by atoms with E-state index >= 15 is 0 Å². The maximum absolute atomic E-state index is 11.6. The van der Waals surface area contributed by atoms with Crippen LogP contribution in [0.3, 0.4) is 0 Å². The predicted molar refractivity (Wildman–Crippen MR) is 81.2 cm³/mol. The van der Waals surface area contributed by atoms with E-state index in [2.05, 4.69) is 38.7 Å². The summed E-state index contributed by atoms with van der Waals surface area (Å²) in [6.07, 6.45) is 3.65. The Hall–Kier alpha value is -1.36. The van der Waals surface area contributed by atoms with E-state index in [1.165, 1.54) is 5.56 Å². The summed E-state index contributed by atoms with van der Waals surface area (Å²) in [5.74, 6) is -1.04. The average molecular weight is 339 g/mol. The fraction of sp³-hybridized carbons (Fsp3) is 0.467. The first kappa shape index (κ1) is 15.0. The topological polar surface area (TPSA) is 58.2 Å². The molecule has 2 amide bonds. The fourth-order valence-corrected chi connectivity index (χ4v) is 2.14. The van der Waals surface area contributed by atoms with Gasteiger partial charge in [0.2, 0.25) is 0 Å². The van der Waals surface area contributed by atoms with Crippen LogP contribution in [0.2, 0.25) is 0 Å². The molecule has 1 unspecified atom stereocenters. The van der Waals surface area contributed by atoms with Gasteiger partial charge in [0.05, 0.1) is 0 Å². The molecule has 1 aromatic rings. The first-order chi connectivity index (χ1) is 9.54. The van der Waals surface area contributed by atoms with Gasteiger partial charge in [-0.1, -0.05) is 28.1 Å². The molecule has 2 N–H and O–H groups in total. The Morgan fingerprint density at radius 3 is 2.50 bits per heavy atom. The summed E-state index contributed by atoms with van der Waals surface area (Å²) >= 11 is 3.40. The second-order valence-corrected chi connectivity index (χ2v) is 6.20. The number of hydrogen-bond acceptors (Lipinski definition) is 2. The van der Waals surface area contributed by atoms with Crippen LogP contribution >= 0.6 is 15.9 Å². The summed E-state index contributed by atoms with van der Waals surface area (Å²) in [5.41, 5.74) is 1.22. The Bertz CT molecular complexity index is 483. The van der Waals surface area contributed by atoms with E-state index in [-0.39, 0.29) is 12.1 Å². The van der Waals surface area contributed by atoms with E-state index < -0.39 is 11.8 Å². The van der Waals surface area contributed by atoms with Crippen molar-refractivity contribution in [3.05, 3.63) is 34.3 Å². The van der Waals surface area contributed by atoms with Gasteiger partial charge < -0.3 is 10.6 Å². The van der Waals surface area contributed by atoms with E-state index in [0.29, 0.717) is 0 Å². The standard InChI is InChI=1S/C15H19BrN2O2/c1-10(2-3-11-4-6-12(16)7-5-11)17-14(19)15(20)18-13-8-9-13/h4-7,10,13H,2-3,8-9H2,1H3,(H,17,19)(H,18,20). The minimum absolute atomic E-state index is 0.0175. The van der Waals surface area contributed by atoms with Crippen LogP contribution in [0, 0.1) is 0 Å². The molecule has 0 radical (unpaired) electrons. The van der Waals surface area contributed by atoms with Crippen molar-refractivity contribution in [2.24, 2.45) is 0 Å². The SMILES string of the molecule is CC(CCc1ccc(Br)cc1)NC(=O)C(=O)NC1CC1. The summed E-state index contributed by atoms with van der Waals surface area (Å²) in [4.78, 5) is 23.2. The Kier molecular flexibility index (Phi) is 5.17. The number of nitrogens with one attached hydrogen (secondary N) is 2. The van der Waals surface area contributed by atoms with Crippen molar-refractivity contribution in [1.82, 2.24) is 10.6 Å². The Morgan fingerprint density at radius 2 is 1.90 bits per heavy atom. The van der Waals surface area contributed by atoms with Crippen LogP contribution in [-0.4, -0.2) is 23.9 Å². The molecule has 0 aromatic heterocycles. The minimum Gasteiger partial charge on any atom is -0.345 e. The smallest absolute Gasteiger partial charge is 0.309 e. The van der Waals surface area contributed by atoms with Gasteiger partial charge in [-0.15, -0.1) is 0 Å². The number of aryl methyl sites for hydroxylation is 1. The molecule has 1 atom stereocenters. The van der Waals surface area contributed by atoms with Crippen molar-refractivity contribution in [1.29, 1.82) is 0 Å². The highest BCUT2D eigenvalue weighted by Gasteiger charge is 2.26. The third-order valence-corrected chi connectivity index (χ3v) is 3.80. The lowest BCUT2D eigenvalue weighted by atomic mass is 10.1. The average Bonchev–Trinajstić information content (AvgIpc) is 3.22. The van der Waals surface area contributed by atoms with Crippen molar-refractivity contribution in [2.75, 3.05) is 0 Å². The Balaban J connectivity index is 1.71. The molecule has 0 heterocycles. The lowest BCUT2D eigenvalue weighted by Gasteiger charge is -2.13. The van der Waals surface area contributed by atoms with Gasteiger partial charge in [0.25, 0.3) is 0 Å². The van der Waals surface area contributed by atoms with Crippen molar-refractivity contribution >= 4 is 27.7 Å². The molecular weight excluding hydrogens is 320 g/mol. The molecule has 0 saturated heterocycles. The molecule has 2 rings (SSSR count). The number of rotatable bonds is 5. The molecule has 4 nitrogen and oxygen atoms in total. The molecule has 1 fully saturated rings. The van der Waals surface area contributed by atoms with Crippen LogP contribution in [0.15, 0.2) is 28.7 Å². The molecule has 1 aromatic carbocycles. The van der Waals surface area contributed by atoms with Gasteiger partial charge in [0.15, 0.2) is 0 Å². The van der Waals surface area contributed by atoms with Crippen LogP contribution in [0.1, 0.15) is 31.7 Å². The normalized spacial score (nSPS) is 15.5. The maximum Gasteiger partial charge on any atom is 0.309 e. The van der Waals surface area contributed by atoms with Gasteiger partial charge in [-0.05, 0) is 50.3 Å². The second kappa shape index (κ2) is 6.88. The number of halogens is 1. The number of hydrogen-bond donors (Lipinski definition) is 2. The van der Waals surface area contributed by atoms with Crippen molar-refractivity contribution in [3.63, 3.8) is 0 Å². The zero-order valence-corrected chi connectivity index (χ0v) is 13.1. The lowest BCUT2D eigenvalue weighted by molar-refractivity contribution is -0.139. The second-order valence-electron chi connectivity index (χ2n) is 5.29. The first-order valence-electron chi connectivity index (χ1n) is 6.90. The molecule has 1 aliphatic carbocycles. The molecular formula is C15H19BrN2O2. The van der Waals surface area contributed by atoms with E-state index in [9.17, 15) is 9.59 Å². The molecule has 1 saturated carbocycles. The lowest BCUT2D eigenvalue weighted by Crippen LogP contribution is -2.44. The van der Waals surface area contributed by atoms with Crippen LogP contribution in [0.25, 0.3) is 0 Å². The molecule has 1 aliphatic rings. The summed E-state index contributed by atoms with van der Waals surface area (Å²) in [6.45, 7) is 1.92. The van der Waals surface area contributed by atoms with Crippen molar-refractivity contribution in [3.8, 4) is 0 Å². The maximum atomic E-state index is 11.6. The Labute approximate surface area is 127 Å². The number of carbonyl (C=O) groups excluding carboxylic acids is 2. The summed E-state index contributed by atoms with van der Waals surface area (Å²) < 4.78 is 1.05. The largest absolute Gasteiger partial charge is 0.345 e. The van der Waals surface area contributed by atoms with Crippen LogP contribution in [0.5, 0.6) is 0 Å². The van der Waals surface area contributed by atoms with Crippen molar-refractivity contribution < 1.29 is 9.59 Å². The molecule has 108 valence electrons. The highest BCUT2D eigenvalue weighted by molar-refractivity contribution is 9.10. The quantitative estimate of drug-likeness (QED) is 0.808.